The molecule has 0 radical (unpaired) electrons. The van der Waals surface area contributed by atoms with Crippen molar-refractivity contribution in [2.24, 2.45) is 0 Å². The molecule has 2 aliphatic heterocycles. The molecule has 0 spiro atoms. The average Bonchev–Trinajstić information content (AvgIpc) is 3.20. The average molecular weight is 567 g/mol. The fourth-order valence-electron chi connectivity index (χ4n) is 6.35. The van der Waals surface area contributed by atoms with E-state index in [-0.39, 0.29) is 23.9 Å². The number of hydrogen-bond acceptors (Lipinski definition) is 4. The zero-order valence-corrected chi connectivity index (χ0v) is 25.0. The largest absolute Gasteiger partial charge is 0.350 e. The van der Waals surface area contributed by atoms with Gasteiger partial charge in [-0.2, -0.15) is 0 Å². The number of nitrogens with one attached hydrogen (secondary N) is 2. The Morgan fingerprint density at radius 2 is 1.55 bits per heavy atom. The van der Waals surface area contributed by atoms with Crippen LogP contribution in [0, 0.1) is 0 Å². The van der Waals surface area contributed by atoms with Gasteiger partial charge in [0.1, 0.15) is 0 Å². The van der Waals surface area contributed by atoms with Gasteiger partial charge in [-0.1, -0.05) is 86.1 Å². The van der Waals surface area contributed by atoms with Gasteiger partial charge < -0.3 is 20.4 Å². The molecule has 2 fully saturated rings. The Labute approximate surface area is 251 Å². The molecule has 2 heterocycles. The first-order chi connectivity index (χ1) is 20.6. The van der Waals surface area contributed by atoms with Crippen LogP contribution in [0.4, 0.5) is 0 Å². The van der Waals surface area contributed by atoms with E-state index in [4.69, 9.17) is 0 Å². The number of hydrogen-bond donors (Lipinski definition) is 2. The Hall–Kier alpha value is -3.48. The van der Waals surface area contributed by atoms with E-state index in [1.165, 1.54) is 24.8 Å². The maximum atomic E-state index is 13.9. The van der Waals surface area contributed by atoms with Crippen LogP contribution in [0.3, 0.4) is 0 Å². The molecule has 3 unspecified atom stereocenters. The monoisotopic (exact) mass is 566 g/mol. The molecular weight excluding hydrogens is 520 g/mol. The van der Waals surface area contributed by atoms with E-state index in [2.05, 4.69) is 63.8 Å². The van der Waals surface area contributed by atoms with Gasteiger partial charge in [0.2, 0.25) is 5.91 Å². The number of likely N-dealkylation sites (tertiary alicyclic amines) is 1. The van der Waals surface area contributed by atoms with Crippen molar-refractivity contribution in [2.45, 2.75) is 63.5 Å². The maximum Gasteiger partial charge on any atom is 0.251 e. The van der Waals surface area contributed by atoms with Crippen molar-refractivity contribution in [1.82, 2.24) is 20.4 Å². The lowest BCUT2D eigenvalue weighted by molar-refractivity contribution is -0.133. The molecule has 3 atom stereocenters. The summed E-state index contributed by atoms with van der Waals surface area (Å²) in [7, 11) is 0. The van der Waals surface area contributed by atoms with Crippen molar-refractivity contribution in [3.8, 4) is 11.1 Å². The molecule has 0 aliphatic carbocycles. The number of nitrogens with zero attached hydrogens (tertiary/aromatic N) is 2. The molecule has 3 aromatic carbocycles. The Balaban J connectivity index is 1.23. The van der Waals surface area contributed by atoms with Crippen molar-refractivity contribution in [3.63, 3.8) is 0 Å². The molecular formula is C36H46N4O2. The van der Waals surface area contributed by atoms with Crippen LogP contribution in [0.15, 0.2) is 84.9 Å². The number of carbonyl (C=O) groups excluding carboxylic acids is 2. The van der Waals surface area contributed by atoms with Crippen molar-refractivity contribution in [2.75, 3.05) is 39.3 Å². The summed E-state index contributed by atoms with van der Waals surface area (Å²) in [6.07, 6.45) is 6.39. The van der Waals surface area contributed by atoms with Crippen LogP contribution < -0.4 is 10.6 Å². The van der Waals surface area contributed by atoms with Crippen LogP contribution in [0.1, 0.15) is 67.3 Å². The van der Waals surface area contributed by atoms with Crippen LogP contribution in [0.5, 0.6) is 0 Å². The fraction of sp³-hybridized carbons (Fsp3) is 0.444. The zero-order valence-electron chi connectivity index (χ0n) is 25.0. The van der Waals surface area contributed by atoms with Crippen molar-refractivity contribution in [1.29, 1.82) is 0 Å². The third-order valence-electron chi connectivity index (χ3n) is 8.94. The summed E-state index contributed by atoms with van der Waals surface area (Å²) in [5.74, 6) is 0.434. The first kappa shape index (κ1) is 30.0. The zero-order chi connectivity index (χ0) is 29.1. The standard InChI is InChI=1S/C36H46N4O2/c1-2-28(29-12-6-3-7-13-29)27-40-25-20-33(38-34(36(40)42)21-24-39-22-10-5-11-23-39)26-37-35(41)32-18-16-31(17-19-32)30-14-8-4-9-15-30/h3-4,6-9,12-19,28,33-34,38H,2,5,10-11,20-27H2,1H3,(H,37,41). The molecule has 5 rings (SSSR count). The van der Waals surface area contributed by atoms with Gasteiger partial charge in [-0.05, 0) is 74.0 Å². The van der Waals surface area contributed by atoms with E-state index in [1.807, 2.05) is 48.5 Å². The van der Waals surface area contributed by atoms with E-state index in [0.717, 1.165) is 56.6 Å². The summed E-state index contributed by atoms with van der Waals surface area (Å²) in [6, 6.07) is 28.3. The topological polar surface area (TPSA) is 64.7 Å². The second-order valence-corrected chi connectivity index (χ2v) is 11.8. The minimum atomic E-state index is -0.241. The lowest BCUT2D eigenvalue weighted by Gasteiger charge is -2.31. The minimum Gasteiger partial charge on any atom is -0.350 e. The van der Waals surface area contributed by atoms with Crippen LogP contribution in [-0.4, -0.2) is 73.0 Å². The van der Waals surface area contributed by atoms with Gasteiger partial charge in [-0.3, -0.25) is 9.59 Å². The van der Waals surface area contributed by atoms with Gasteiger partial charge in [-0.25, -0.2) is 0 Å². The van der Waals surface area contributed by atoms with Crippen molar-refractivity contribution < 1.29 is 9.59 Å². The third-order valence-corrected chi connectivity index (χ3v) is 8.94. The third kappa shape index (κ3) is 8.08. The lowest BCUT2D eigenvalue weighted by Crippen LogP contribution is -2.50. The molecule has 42 heavy (non-hydrogen) atoms. The summed E-state index contributed by atoms with van der Waals surface area (Å²) in [5, 5.41) is 6.82. The van der Waals surface area contributed by atoms with Crippen LogP contribution in [0.2, 0.25) is 0 Å². The van der Waals surface area contributed by atoms with Gasteiger partial charge in [0.25, 0.3) is 5.91 Å². The quantitative estimate of drug-likeness (QED) is 0.312. The van der Waals surface area contributed by atoms with Gasteiger partial charge in [-0.15, -0.1) is 0 Å². The highest BCUT2D eigenvalue weighted by molar-refractivity contribution is 5.94. The molecule has 0 bridgehead atoms. The number of amides is 2. The first-order valence-corrected chi connectivity index (χ1v) is 15.9. The minimum absolute atomic E-state index is 0.0367. The molecule has 2 amide bonds. The Morgan fingerprint density at radius 1 is 0.881 bits per heavy atom. The Kier molecular flexibility index (Phi) is 10.8. The van der Waals surface area contributed by atoms with Crippen LogP contribution >= 0.6 is 0 Å². The number of piperidine rings is 1. The van der Waals surface area contributed by atoms with Gasteiger partial charge in [0, 0.05) is 43.7 Å². The van der Waals surface area contributed by atoms with Gasteiger partial charge in [0.15, 0.2) is 0 Å². The molecule has 222 valence electrons. The second-order valence-electron chi connectivity index (χ2n) is 11.8. The molecule has 0 saturated carbocycles. The van der Waals surface area contributed by atoms with E-state index in [9.17, 15) is 9.59 Å². The maximum absolute atomic E-state index is 13.9. The predicted octanol–water partition coefficient (Wildman–Crippen LogP) is 5.71. The highest BCUT2D eigenvalue weighted by Gasteiger charge is 2.32. The highest BCUT2D eigenvalue weighted by atomic mass is 16.2. The van der Waals surface area contributed by atoms with Crippen molar-refractivity contribution in [3.05, 3.63) is 96.1 Å². The molecule has 6 heteroatoms. The molecule has 3 aromatic rings. The summed E-state index contributed by atoms with van der Waals surface area (Å²) in [4.78, 5) is 31.6. The number of rotatable bonds is 11. The molecule has 2 aliphatic rings. The van der Waals surface area contributed by atoms with E-state index in [1.54, 1.807) is 0 Å². The predicted molar refractivity (Wildman–Crippen MR) is 171 cm³/mol. The van der Waals surface area contributed by atoms with Crippen LogP contribution in [-0.2, 0) is 4.79 Å². The molecule has 2 saturated heterocycles. The first-order valence-electron chi connectivity index (χ1n) is 15.9. The Morgan fingerprint density at radius 3 is 2.24 bits per heavy atom. The van der Waals surface area contributed by atoms with Gasteiger partial charge in [0.05, 0.1) is 6.04 Å². The fourth-order valence-corrected chi connectivity index (χ4v) is 6.35. The van der Waals surface area contributed by atoms with Crippen LogP contribution in [0.25, 0.3) is 11.1 Å². The molecule has 0 aromatic heterocycles. The summed E-state index contributed by atoms with van der Waals surface area (Å²) in [6.45, 7) is 7.31. The summed E-state index contributed by atoms with van der Waals surface area (Å²) >= 11 is 0. The molecule has 6 nitrogen and oxygen atoms in total. The number of carbonyl (C=O) groups is 2. The summed E-state index contributed by atoms with van der Waals surface area (Å²) in [5.41, 5.74) is 4.16. The summed E-state index contributed by atoms with van der Waals surface area (Å²) < 4.78 is 0. The highest BCUT2D eigenvalue weighted by Crippen LogP contribution is 2.23. The van der Waals surface area contributed by atoms with E-state index in [0.29, 0.717) is 24.6 Å². The second kappa shape index (κ2) is 15.1. The normalized spacial score (nSPS) is 20.6. The van der Waals surface area contributed by atoms with Gasteiger partial charge >= 0.3 is 0 Å². The van der Waals surface area contributed by atoms with E-state index < -0.39 is 0 Å². The van der Waals surface area contributed by atoms with E-state index >= 15 is 0 Å². The van der Waals surface area contributed by atoms with Crippen molar-refractivity contribution >= 4 is 11.8 Å². The lowest BCUT2D eigenvalue weighted by atomic mass is 9.95. The smallest absolute Gasteiger partial charge is 0.251 e. The SMILES string of the molecule is CCC(CN1CCC(CNC(=O)c2ccc(-c3ccccc3)cc2)NC(CCN2CCCCC2)C1=O)c1ccccc1. The molecule has 2 N–H and O–H groups in total. The Bertz CT molecular complexity index is 1260. The number of benzene rings is 3.